The van der Waals surface area contributed by atoms with Gasteiger partial charge in [0.15, 0.2) is 0 Å². The number of nitrogens with one attached hydrogen (secondary N) is 2. The Morgan fingerprint density at radius 1 is 1.08 bits per heavy atom. The van der Waals surface area contributed by atoms with Crippen LogP contribution in [0.15, 0.2) is 48.5 Å². The zero-order valence-electron chi connectivity index (χ0n) is 14.9. The van der Waals surface area contributed by atoms with Gasteiger partial charge in [0.25, 0.3) is 0 Å². The quantitative estimate of drug-likeness (QED) is 0.739. The number of hydrogen-bond donors (Lipinski definition) is 2. The minimum atomic E-state index is -0.477. The number of alkyl carbamates (subject to hydrolysis) is 1. The van der Waals surface area contributed by atoms with Crippen LogP contribution in [0.3, 0.4) is 0 Å². The monoisotopic (exact) mass is 360 g/mol. The Labute approximate surface area is 154 Å². The van der Waals surface area contributed by atoms with Crippen LogP contribution in [0.5, 0.6) is 0 Å². The molecule has 0 bridgehead atoms. The van der Waals surface area contributed by atoms with E-state index in [1.54, 1.807) is 0 Å². The molecule has 0 fully saturated rings. The van der Waals surface area contributed by atoms with E-state index in [0.717, 1.165) is 21.7 Å². The van der Waals surface area contributed by atoms with Gasteiger partial charge in [-0.3, -0.25) is 0 Å². The van der Waals surface area contributed by atoms with Crippen molar-refractivity contribution in [2.24, 2.45) is 0 Å². The fraction of sp³-hybridized carbons (Fsp3) is 0.350. The predicted octanol–water partition coefficient (Wildman–Crippen LogP) is 4.62. The molecule has 2 rings (SSSR count). The molecule has 0 saturated carbocycles. The summed E-state index contributed by atoms with van der Waals surface area (Å²) >= 11 is 6.41. The van der Waals surface area contributed by atoms with Crippen molar-refractivity contribution in [1.82, 2.24) is 10.6 Å². The third-order valence-electron chi connectivity index (χ3n) is 3.42. The van der Waals surface area contributed by atoms with Crippen molar-refractivity contribution >= 4 is 17.7 Å². The number of benzene rings is 2. The first-order valence-electron chi connectivity index (χ1n) is 8.36. The third-order valence-corrected chi connectivity index (χ3v) is 3.73. The second kappa shape index (κ2) is 8.88. The van der Waals surface area contributed by atoms with Crippen molar-refractivity contribution < 1.29 is 9.53 Å². The molecule has 0 aromatic heterocycles. The highest BCUT2D eigenvalue weighted by molar-refractivity contribution is 6.33. The van der Waals surface area contributed by atoms with Crippen LogP contribution in [0.25, 0.3) is 11.1 Å². The highest BCUT2D eigenvalue weighted by atomic mass is 35.5. The summed E-state index contributed by atoms with van der Waals surface area (Å²) in [7, 11) is 0. The summed E-state index contributed by atoms with van der Waals surface area (Å²) in [6.07, 6.45) is -0.399. The van der Waals surface area contributed by atoms with Gasteiger partial charge in [-0.25, -0.2) is 4.79 Å². The van der Waals surface area contributed by atoms with E-state index in [1.165, 1.54) is 0 Å². The second-order valence-corrected chi connectivity index (χ2v) is 7.19. The molecular weight excluding hydrogens is 336 g/mol. The van der Waals surface area contributed by atoms with Gasteiger partial charge < -0.3 is 15.4 Å². The summed E-state index contributed by atoms with van der Waals surface area (Å²) in [4.78, 5) is 11.5. The summed E-state index contributed by atoms with van der Waals surface area (Å²) in [5, 5.41) is 6.73. The van der Waals surface area contributed by atoms with Crippen molar-refractivity contribution in [2.45, 2.75) is 32.9 Å². The summed E-state index contributed by atoms with van der Waals surface area (Å²) in [5.74, 6) is 0. The normalized spacial score (nSPS) is 11.2. The van der Waals surface area contributed by atoms with Gasteiger partial charge in [0.2, 0.25) is 0 Å². The Hall–Kier alpha value is -2.04. The molecule has 0 atom stereocenters. The molecule has 0 aliphatic heterocycles. The number of rotatable bonds is 6. The summed E-state index contributed by atoms with van der Waals surface area (Å²) < 4.78 is 5.18. The number of amides is 1. The molecule has 0 spiro atoms. The lowest BCUT2D eigenvalue weighted by Crippen LogP contribution is -2.36. The minimum absolute atomic E-state index is 0.399. The van der Waals surface area contributed by atoms with E-state index in [2.05, 4.69) is 16.7 Å². The van der Waals surface area contributed by atoms with Gasteiger partial charge in [0.1, 0.15) is 5.60 Å². The zero-order valence-corrected chi connectivity index (χ0v) is 15.7. The average Bonchev–Trinajstić information content (AvgIpc) is 2.54. The van der Waals surface area contributed by atoms with Gasteiger partial charge >= 0.3 is 6.09 Å². The summed E-state index contributed by atoms with van der Waals surface area (Å²) in [5.41, 5.74) is 2.75. The SMILES string of the molecule is CC(C)(C)OC(=O)NCCNCc1ccc(-c2ccccc2)c(Cl)c1. The standard InChI is InChI=1S/C20H25ClN2O2/c1-20(2,3)25-19(24)23-12-11-22-14-15-9-10-17(18(21)13-15)16-7-5-4-6-8-16/h4-10,13,22H,11-12,14H2,1-3H3,(H,23,24). The number of hydrogen-bond acceptors (Lipinski definition) is 3. The van der Waals surface area contributed by atoms with E-state index in [-0.39, 0.29) is 0 Å². The van der Waals surface area contributed by atoms with E-state index in [0.29, 0.717) is 19.6 Å². The van der Waals surface area contributed by atoms with E-state index in [1.807, 2.05) is 63.2 Å². The number of carbonyl (C=O) groups is 1. The molecule has 4 nitrogen and oxygen atoms in total. The maximum atomic E-state index is 11.5. The average molecular weight is 361 g/mol. The van der Waals surface area contributed by atoms with Crippen LogP contribution in [-0.4, -0.2) is 24.8 Å². The second-order valence-electron chi connectivity index (χ2n) is 6.79. The number of ether oxygens (including phenoxy) is 1. The maximum Gasteiger partial charge on any atom is 0.407 e. The van der Waals surface area contributed by atoms with Gasteiger partial charge in [-0.15, -0.1) is 0 Å². The summed E-state index contributed by atoms with van der Waals surface area (Å²) in [6, 6.07) is 16.1. The van der Waals surface area contributed by atoms with Gasteiger partial charge in [-0.05, 0) is 38.0 Å². The molecule has 0 saturated heterocycles. The molecule has 0 unspecified atom stereocenters. The van der Waals surface area contributed by atoms with E-state index in [4.69, 9.17) is 16.3 Å². The minimum Gasteiger partial charge on any atom is -0.444 e. The number of halogens is 1. The molecule has 0 heterocycles. The topological polar surface area (TPSA) is 50.4 Å². The number of carbonyl (C=O) groups excluding carboxylic acids is 1. The molecule has 5 heteroatoms. The van der Waals surface area contributed by atoms with Gasteiger partial charge in [0, 0.05) is 30.2 Å². The molecule has 2 aromatic carbocycles. The third kappa shape index (κ3) is 6.77. The molecule has 25 heavy (non-hydrogen) atoms. The Bertz CT molecular complexity index is 697. The Morgan fingerprint density at radius 2 is 1.80 bits per heavy atom. The smallest absolute Gasteiger partial charge is 0.407 e. The Kier molecular flexibility index (Phi) is 6.85. The largest absolute Gasteiger partial charge is 0.444 e. The molecular formula is C20H25ClN2O2. The lowest BCUT2D eigenvalue weighted by Gasteiger charge is -2.19. The van der Waals surface area contributed by atoms with Crippen LogP contribution in [0.2, 0.25) is 5.02 Å². The van der Waals surface area contributed by atoms with Crippen LogP contribution in [-0.2, 0) is 11.3 Å². The fourth-order valence-corrected chi connectivity index (χ4v) is 2.63. The van der Waals surface area contributed by atoms with Crippen molar-refractivity contribution in [3.05, 3.63) is 59.1 Å². The van der Waals surface area contributed by atoms with Crippen LogP contribution in [0.1, 0.15) is 26.3 Å². The summed E-state index contributed by atoms with van der Waals surface area (Å²) in [6.45, 7) is 7.36. The van der Waals surface area contributed by atoms with Gasteiger partial charge in [-0.1, -0.05) is 54.1 Å². The van der Waals surface area contributed by atoms with Crippen LogP contribution >= 0.6 is 11.6 Å². The highest BCUT2D eigenvalue weighted by Crippen LogP contribution is 2.28. The van der Waals surface area contributed by atoms with E-state index in [9.17, 15) is 4.79 Å². The first-order chi connectivity index (χ1) is 11.8. The Morgan fingerprint density at radius 3 is 2.44 bits per heavy atom. The lowest BCUT2D eigenvalue weighted by atomic mass is 10.0. The van der Waals surface area contributed by atoms with Crippen molar-refractivity contribution in [2.75, 3.05) is 13.1 Å². The van der Waals surface area contributed by atoms with Crippen LogP contribution < -0.4 is 10.6 Å². The predicted molar refractivity (Wildman–Crippen MR) is 103 cm³/mol. The molecule has 0 aliphatic rings. The molecule has 2 aromatic rings. The molecule has 2 N–H and O–H groups in total. The highest BCUT2D eigenvalue weighted by Gasteiger charge is 2.15. The van der Waals surface area contributed by atoms with E-state index < -0.39 is 11.7 Å². The van der Waals surface area contributed by atoms with Crippen molar-refractivity contribution in [1.29, 1.82) is 0 Å². The van der Waals surface area contributed by atoms with Gasteiger partial charge in [0.05, 0.1) is 0 Å². The van der Waals surface area contributed by atoms with Crippen molar-refractivity contribution in [3.63, 3.8) is 0 Å². The van der Waals surface area contributed by atoms with Crippen LogP contribution in [0.4, 0.5) is 4.79 Å². The van der Waals surface area contributed by atoms with Crippen molar-refractivity contribution in [3.8, 4) is 11.1 Å². The first kappa shape index (κ1) is 19.3. The van der Waals surface area contributed by atoms with Gasteiger partial charge in [-0.2, -0.15) is 0 Å². The Balaban J connectivity index is 1.77. The van der Waals surface area contributed by atoms with Crippen LogP contribution in [0, 0.1) is 0 Å². The maximum absolute atomic E-state index is 11.5. The zero-order chi connectivity index (χ0) is 18.3. The first-order valence-corrected chi connectivity index (χ1v) is 8.74. The molecule has 0 aliphatic carbocycles. The molecule has 1 amide bonds. The lowest BCUT2D eigenvalue weighted by molar-refractivity contribution is 0.0528. The molecule has 0 radical (unpaired) electrons. The fourth-order valence-electron chi connectivity index (χ4n) is 2.32. The van der Waals surface area contributed by atoms with E-state index >= 15 is 0 Å². The molecule has 134 valence electrons.